The van der Waals surface area contributed by atoms with E-state index < -0.39 is 5.69 Å². The van der Waals surface area contributed by atoms with Gasteiger partial charge in [0.2, 0.25) is 0 Å². The Morgan fingerprint density at radius 3 is 2.40 bits per heavy atom. The summed E-state index contributed by atoms with van der Waals surface area (Å²) in [5, 5.41) is 0. The number of hydrogen-bond donors (Lipinski definition) is 0. The van der Waals surface area contributed by atoms with Crippen molar-refractivity contribution >= 4 is 18.2 Å². The van der Waals surface area contributed by atoms with E-state index in [1.54, 1.807) is 4.57 Å². The first-order valence-electron chi connectivity index (χ1n) is 9.75. The third kappa shape index (κ3) is 4.85. The van der Waals surface area contributed by atoms with Crippen LogP contribution in [0.2, 0.25) is 0 Å². The number of halogens is 2. The number of rotatable bonds is 5. The van der Waals surface area contributed by atoms with Crippen molar-refractivity contribution in [3.05, 3.63) is 62.4 Å². The Balaban J connectivity index is 0.00000160. The van der Waals surface area contributed by atoms with Crippen molar-refractivity contribution in [2.24, 2.45) is 5.92 Å². The van der Waals surface area contributed by atoms with Crippen LogP contribution in [0.5, 0.6) is 0 Å². The molecule has 1 fully saturated rings. The molecule has 10 heteroatoms. The summed E-state index contributed by atoms with van der Waals surface area (Å²) in [6.07, 6.45) is 2.96. The molecule has 2 N–H and O–H groups in total. The molecule has 1 saturated heterocycles. The summed E-state index contributed by atoms with van der Waals surface area (Å²) in [6, 6.07) is 5.68. The molecular formula is C20H26ClFN4O4. The first kappa shape index (κ1) is 23.9. The Morgan fingerprint density at radius 2 is 1.73 bits per heavy atom. The number of ketones is 1. The molecular weight excluding hydrogens is 415 g/mol. The molecule has 0 saturated carbocycles. The molecule has 1 aromatic carbocycles. The minimum absolute atomic E-state index is 0. The largest absolute Gasteiger partial charge is 0.412 e. The lowest BCUT2D eigenvalue weighted by Crippen LogP contribution is -2.45. The van der Waals surface area contributed by atoms with Crippen LogP contribution in [-0.4, -0.2) is 49.9 Å². The molecule has 0 unspecified atom stereocenters. The van der Waals surface area contributed by atoms with E-state index in [0.717, 1.165) is 19.5 Å². The Labute approximate surface area is 179 Å². The van der Waals surface area contributed by atoms with Crippen LogP contribution in [0.3, 0.4) is 0 Å². The summed E-state index contributed by atoms with van der Waals surface area (Å²) in [7, 11) is 0. The predicted octanol–water partition coefficient (Wildman–Crippen LogP) is 0.682. The van der Waals surface area contributed by atoms with Crippen molar-refractivity contribution in [3.63, 3.8) is 0 Å². The molecule has 0 spiro atoms. The van der Waals surface area contributed by atoms with Crippen molar-refractivity contribution in [3.8, 4) is 0 Å². The highest BCUT2D eigenvalue weighted by Gasteiger charge is 2.26. The topological polar surface area (TPSA) is 109 Å². The number of carbonyl (C=O) groups is 1. The Morgan fingerprint density at radius 1 is 1.07 bits per heavy atom. The molecule has 0 radical (unpaired) electrons. The van der Waals surface area contributed by atoms with Gasteiger partial charge in [0, 0.05) is 37.5 Å². The summed E-state index contributed by atoms with van der Waals surface area (Å²) >= 11 is 0. The van der Waals surface area contributed by atoms with E-state index in [2.05, 4.69) is 9.88 Å². The van der Waals surface area contributed by atoms with E-state index in [1.807, 2.05) is 0 Å². The number of hydrogen-bond acceptors (Lipinski definition) is 5. The maximum Gasteiger partial charge on any atom is 0.353 e. The molecule has 8 nitrogen and oxygen atoms in total. The summed E-state index contributed by atoms with van der Waals surface area (Å²) in [4.78, 5) is 43.4. The van der Waals surface area contributed by atoms with Gasteiger partial charge >= 0.3 is 11.4 Å². The van der Waals surface area contributed by atoms with Gasteiger partial charge in [-0.15, -0.1) is 12.4 Å². The second kappa shape index (κ2) is 10.1. The number of likely N-dealkylation sites (tertiary alicyclic amines) is 1. The molecule has 2 aliphatic heterocycles. The van der Waals surface area contributed by atoms with Crippen LogP contribution in [0, 0.1) is 11.7 Å². The van der Waals surface area contributed by atoms with E-state index in [9.17, 15) is 18.8 Å². The van der Waals surface area contributed by atoms with Crippen LogP contribution < -0.4 is 11.4 Å². The third-order valence-electron chi connectivity index (χ3n) is 5.74. The number of nitrogens with zero attached hydrogens (tertiary/aromatic N) is 4. The minimum atomic E-state index is -0.473. The summed E-state index contributed by atoms with van der Waals surface area (Å²) in [6.45, 7) is 2.96. The van der Waals surface area contributed by atoms with Gasteiger partial charge in [-0.3, -0.25) is 9.36 Å². The molecule has 164 valence electrons. The molecule has 3 heterocycles. The molecule has 2 aliphatic rings. The molecule has 0 atom stereocenters. The zero-order valence-electron chi connectivity index (χ0n) is 16.6. The standard InChI is InChI=1S/C20H23FN4O3.ClH.H2O/c21-16-5-3-14(4-6-16)18(26)15-7-10-23(11-8-15)12-13-25-19(27)22-17-2-1-9-24(17)20(25)28;;/h3-6,15H,1-2,7-13H2;1H;1H2. The number of aromatic nitrogens is 3. The lowest BCUT2D eigenvalue weighted by Gasteiger charge is -2.31. The maximum atomic E-state index is 13.0. The third-order valence-corrected chi connectivity index (χ3v) is 5.74. The fraction of sp³-hybridized carbons (Fsp3) is 0.500. The lowest BCUT2D eigenvalue weighted by molar-refractivity contribution is 0.0836. The van der Waals surface area contributed by atoms with Crippen molar-refractivity contribution in [1.82, 2.24) is 19.0 Å². The lowest BCUT2D eigenvalue weighted by atomic mass is 9.89. The van der Waals surface area contributed by atoms with Crippen molar-refractivity contribution in [2.45, 2.75) is 38.8 Å². The van der Waals surface area contributed by atoms with Crippen molar-refractivity contribution in [2.75, 3.05) is 19.6 Å². The first-order valence-corrected chi connectivity index (χ1v) is 9.75. The van der Waals surface area contributed by atoms with Gasteiger partial charge in [-0.1, -0.05) is 0 Å². The van der Waals surface area contributed by atoms with E-state index in [0.29, 0.717) is 50.3 Å². The van der Waals surface area contributed by atoms with Crippen molar-refractivity contribution < 1.29 is 14.7 Å². The normalized spacial score (nSPS) is 16.4. The molecule has 30 heavy (non-hydrogen) atoms. The molecule has 0 amide bonds. The molecule has 1 aromatic heterocycles. The monoisotopic (exact) mass is 440 g/mol. The second-order valence-electron chi connectivity index (χ2n) is 7.49. The fourth-order valence-corrected chi connectivity index (χ4v) is 4.08. The zero-order valence-corrected chi connectivity index (χ0v) is 17.4. The number of piperidine rings is 1. The molecule has 0 bridgehead atoms. The highest BCUT2D eigenvalue weighted by Crippen LogP contribution is 2.22. The van der Waals surface area contributed by atoms with Crippen LogP contribution in [0.4, 0.5) is 4.39 Å². The van der Waals surface area contributed by atoms with Gasteiger partial charge in [0.1, 0.15) is 11.6 Å². The van der Waals surface area contributed by atoms with E-state index in [-0.39, 0.29) is 41.1 Å². The average Bonchev–Trinajstić information content (AvgIpc) is 3.17. The highest BCUT2D eigenvalue weighted by molar-refractivity contribution is 5.97. The van der Waals surface area contributed by atoms with E-state index in [4.69, 9.17) is 0 Å². The number of Topliss-reactive ketones (excluding diaryl/α,β-unsaturated/α-hetero) is 1. The zero-order chi connectivity index (χ0) is 19.7. The summed E-state index contributed by atoms with van der Waals surface area (Å²) < 4.78 is 15.8. The number of carbonyl (C=O) groups excluding carboxylic acids is 1. The van der Waals surface area contributed by atoms with E-state index in [1.165, 1.54) is 28.8 Å². The van der Waals surface area contributed by atoms with Crippen molar-refractivity contribution in [1.29, 1.82) is 0 Å². The van der Waals surface area contributed by atoms with Crippen LogP contribution >= 0.6 is 12.4 Å². The number of benzene rings is 1. The van der Waals surface area contributed by atoms with Crippen LogP contribution in [0.1, 0.15) is 35.4 Å². The number of aryl methyl sites for hydroxylation is 1. The van der Waals surface area contributed by atoms with Gasteiger partial charge in [0.15, 0.2) is 5.78 Å². The van der Waals surface area contributed by atoms with Gasteiger partial charge in [-0.25, -0.2) is 18.5 Å². The highest BCUT2D eigenvalue weighted by atomic mass is 35.5. The Kier molecular flexibility index (Phi) is 8.05. The quantitative estimate of drug-likeness (QED) is 0.635. The summed E-state index contributed by atoms with van der Waals surface area (Å²) in [5.74, 6) is 0.221. The van der Waals surface area contributed by atoms with Crippen LogP contribution in [0.25, 0.3) is 0 Å². The average molecular weight is 441 g/mol. The molecule has 4 rings (SSSR count). The first-order chi connectivity index (χ1) is 13.5. The minimum Gasteiger partial charge on any atom is -0.412 e. The van der Waals surface area contributed by atoms with Gasteiger partial charge in [-0.05, 0) is 56.6 Å². The van der Waals surface area contributed by atoms with Crippen LogP contribution in [-0.2, 0) is 19.5 Å². The Bertz CT molecular complexity index is 997. The molecule has 2 aromatic rings. The second-order valence-corrected chi connectivity index (χ2v) is 7.49. The van der Waals surface area contributed by atoms with Gasteiger partial charge < -0.3 is 10.4 Å². The maximum absolute atomic E-state index is 13.0. The Hall–Kier alpha value is -2.36. The fourth-order valence-electron chi connectivity index (χ4n) is 4.08. The van der Waals surface area contributed by atoms with E-state index >= 15 is 0 Å². The molecule has 0 aliphatic carbocycles. The van der Waals surface area contributed by atoms with Gasteiger partial charge in [0.05, 0.1) is 0 Å². The number of fused-ring (bicyclic) bond motifs is 1. The smallest absolute Gasteiger partial charge is 0.353 e. The SMILES string of the molecule is Cl.O.O=C(c1ccc(F)cc1)C1CCN(CCn2c(=O)nc3n(c2=O)CCC3)CC1. The van der Waals surface area contributed by atoms with Gasteiger partial charge in [0.25, 0.3) is 0 Å². The van der Waals surface area contributed by atoms with Gasteiger partial charge in [-0.2, -0.15) is 4.98 Å². The predicted molar refractivity (Wildman–Crippen MR) is 112 cm³/mol. The van der Waals surface area contributed by atoms with Crippen LogP contribution in [0.15, 0.2) is 33.9 Å². The summed E-state index contributed by atoms with van der Waals surface area (Å²) in [5.41, 5.74) is -0.197.